The predicted octanol–water partition coefficient (Wildman–Crippen LogP) is 3.41. The van der Waals surface area contributed by atoms with Gasteiger partial charge in [0.05, 0.1) is 36.6 Å². The van der Waals surface area contributed by atoms with Crippen molar-refractivity contribution < 1.29 is 13.2 Å². The number of likely N-dealkylation sites (tertiary alicyclic amines) is 1. The van der Waals surface area contributed by atoms with Crippen LogP contribution in [0.15, 0.2) is 46.3 Å². The SMILES string of the molecule is C/N=c1\sc([N+]2(C(=O)CCS(=O)(=O)c3ccc4cc(Cl)ccc4c3)CCCCC2)c(Cc2nnn[nH]2)n1C. The molecule has 0 atom stereocenters. The maximum Gasteiger partial charge on any atom is 0.320 e. The number of sulfone groups is 1. The lowest BCUT2D eigenvalue weighted by atomic mass is 10.1. The van der Waals surface area contributed by atoms with Gasteiger partial charge in [0, 0.05) is 19.1 Å². The topological polar surface area (TPSA) is 123 Å². The molecule has 1 N–H and O–H groups in total. The minimum atomic E-state index is -3.68. The number of rotatable bonds is 7. The van der Waals surface area contributed by atoms with Crippen molar-refractivity contribution in [2.45, 2.75) is 37.0 Å². The first-order chi connectivity index (χ1) is 18.2. The third-order valence-electron chi connectivity index (χ3n) is 7.21. The number of carbonyl (C=O) groups excluding carboxylic acids is 1. The van der Waals surface area contributed by atoms with E-state index in [4.69, 9.17) is 11.6 Å². The second-order valence-corrected chi connectivity index (χ2v) is 13.0. The van der Waals surface area contributed by atoms with Crippen LogP contribution in [0.25, 0.3) is 10.8 Å². The molecule has 2 aromatic carbocycles. The van der Waals surface area contributed by atoms with E-state index in [1.54, 1.807) is 43.4 Å². The van der Waals surface area contributed by atoms with Crippen molar-refractivity contribution >= 4 is 54.5 Å². The molecule has 0 radical (unpaired) electrons. The molecule has 1 aliphatic heterocycles. The highest BCUT2D eigenvalue weighted by atomic mass is 35.5. The second kappa shape index (κ2) is 10.7. The summed E-state index contributed by atoms with van der Waals surface area (Å²) in [5, 5.41) is 17.3. The van der Waals surface area contributed by atoms with Crippen LogP contribution < -0.4 is 9.28 Å². The quantitative estimate of drug-likeness (QED) is 0.337. The third-order valence-corrected chi connectivity index (χ3v) is 10.6. The zero-order chi connectivity index (χ0) is 26.9. The summed E-state index contributed by atoms with van der Waals surface area (Å²) in [6, 6.07) is 10.3. The number of benzene rings is 2. The fraction of sp³-hybridized carbons (Fsp3) is 0.400. The zero-order valence-corrected chi connectivity index (χ0v) is 23.6. The molecular formula is C25H29ClN7O3S2+. The van der Waals surface area contributed by atoms with Gasteiger partial charge in [-0.25, -0.2) is 22.8 Å². The summed E-state index contributed by atoms with van der Waals surface area (Å²) in [5.41, 5.74) is 0.903. The van der Waals surface area contributed by atoms with Crippen molar-refractivity contribution in [3.8, 4) is 0 Å². The number of tetrazole rings is 1. The van der Waals surface area contributed by atoms with Crippen LogP contribution in [0.2, 0.25) is 5.02 Å². The number of nitrogens with one attached hydrogen (secondary N) is 1. The number of halogens is 1. The molecule has 0 saturated carbocycles. The number of hydrogen-bond acceptors (Lipinski definition) is 8. The van der Waals surface area contributed by atoms with Gasteiger partial charge in [0.25, 0.3) is 0 Å². The van der Waals surface area contributed by atoms with Crippen LogP contribution in [-0.2, 0) is 28.1 Å². The van der Waals surface area contributed by atoms with Gasteiger partial charge < -0.3 is 4.57 Å². The van der Waals surface area contributed by atoms with E-state index in [1.807, 2.05) is 11.6 Å². The van der Waals surface area contributed by atoms with Crippen LogP contribution >= 0.6 is 22.9 Å². The number of H-pyrrole nitrogens is 1. The molecule has 0 aliphatic carbocycles. The van der Waals surface area contributed by atoms with Crippen LogP contribution in [0.3, 0.4) is 0 Å². The van der Waals surface area contributed by atoms with Gasteiger partial charge in [-0.15, -0.1) is 5.10 Å². The van der Waals surface area contributed by atoms with Crippen molar-refractivity contribution in [3.63, 3.8) is 0 Å². The molecular weight excluding hydrogens is 546 g/mol. The van der Waals surface area contributed by atoms with Crippen LogP contribution in [-0.4, -0.2) is 65.4 Å². The van der Waals surface area contributed by atoms with Gasteiger partial charge in [-0.1, -0.05) is 23.7 Å². The molecule has 1 saturated heterocycles. The van der Waals surface area contributed by atoms with Crippen molar-refractivity contribution in [2.75, 3.05) is 25.9 Å². The molecule has 4 aromatic rings. The fourth-order valence-electron chi connectivity index (χ4n) is 5.17. The summed E-state index contributed by atoms with van der Waals surface area (Å²) >= 11 is 7.54. The summed E-state index contributed by atoms with van der Waals surface area (Å²) < 4.78 is 28.7. The van der Waals surface area contributed by atoms with Crippen LogP contribution in [0, 0.1) is 0 Å². The predicted molar refractivity (Wildman–Crippen MR) is 148 cm³/mol. The van der Waals surface area contributed by atoms with Gasteiger partial charge in [-0.2, -0.15) is 0 Å². The number of nitrogens with zero attached hydrogens (tertiary/aromatic N) is 6. The first-order valence-electron chi connectivity index (χ1n) is 12.4. The first kappa shape index (κ1) is 26.7. The van der Waals surface area contributed by atoms with Gasteiger partial charge in [0.15, 0.2) is 20.5 Å². The van der Waals surface area contributed by atoms with Crippen LogP contribution in [0.4, 0.5) is 5.00 Å². The average Bonchev–Trinajstić information content (AvgIpc) is 3.55. The summed E-state index contributed by atoms with van der Waals surface area (Å²) in [6.07, 6.45) is 3.14. The van der Waals surface area contributed by atoms with Gasteiger partial charge in [-0.05, 0) is 76.1 Å². The van der Waals surface area contributed by atoms with Gasteiger partial charge in [0.1, 0.15) is 5.69 Å². The molecule has 0 spiro atoms. The largest absolute Gasteiger partial charge is 0.320 e. The molecule has 1 fully saturated rings. The number of thiazole rings is 1. The number of hydrogen-bond donors (Lipinski definition) is 1. The van der Waals surface area contributed by atoms with E-state index >= 15 is 0 Å². The number of aromatic nitrogens is 5. The Morgan fingerprint density at radius 3 is 2.61 bits per heavy atom. The Labute approximate surface area is 229 Å². The summed E-state index contributed by atoms with van der Waals surface area (Å²) in [4.78, 5) is 19.4. The van der Waals surface area contributed by atoms with Gasteiger partial charge in [0.2, 0.25) is 5.00 Å². The van der Waals surface area contributed by atoms with Crippen LogP contribution in [0.1, 0.15) is 37.2 Å². The van der Waals surface area contributed by atoms with E-state index in [0.29, 0.717) is 30.4 Å². The molecule has 0 bridgehead atoms. The summed E-state index contributed by atoms with van der Waals surface area (Å²) in [7, 11) is -0.0345. The molecule has 1 aliphatic rings. The molecule has 3 heterocycles. The Kier molecular flexibility index (Phi) is 7.49. The highest BCUT2D eigenvalue weighted by Crippen LogP contribution is 2.37. The molecule has 10 nitrogen and oxygen atoms in total. The number of aromatic amines is 1. The zero-order valence-electron chi connectivity index (χ0n) is 21.2. The first-order valence-corrected chi connectivity index (χ1v) is 15.3. The van der Waals surface area contributed by atoms with Gasteiger partial charge in [-0.3, -0.25) is 4.99 Å². The monoisotopic (exact) mass is 574 g/mol. The number of carbonyl (C=O) groups is 1. The Hall–Kier alpha value is -2.93. The lowest BCUT2D eigenvalue weighted by molar-refractivity contribution is -0.130. The minimum Gasteiger partial charge on any atom is -0.318 e. The molecule has 13 heteroatoms. The lowest BCUT2D eigenvalue weighted by Crippen LogP contribution is -2.57. The molecule has 1 amide bonds. The molecule has 5 rings (SSSR count). The van der Waals surface area contributed by atoms with E-state index in [-0.39, 0.29) is 27.5 Å². The number of fused-ring (bicyclic) bond motifs is 1. The minimum absolute atomic E-state index is 0.0789. The van der Waals surface area contributed by atoms with E-state index in [9.17, 15) is 13.2 Å². The van der Waals surface area contributed by atoms with E-state index in [0.717, 1.165) is 45.5 Å². The maximum atomic E-state index is 14.0. The summed E-state index contributed by atoms with van der Waals surface area (Å²) in [6.45, 7) is 1.25. The molecule has 2 aromatic heterocycles. The highest BCUT2D eigenvalue weighted by Gasteiger charge is 2.44. The second-order valence-electron chi connectivity index (χ2n) is 9.54. The summed E-state index contributed by atoms with van der Waals surface area (Å²) in [5.74, 6) is 0.238. The van der Waals surface area contributed by atoms with Crippen molar-refractivity contribution in [1.82, 2.24) is 29.7 Å². The van der Waals surface area contributed by atoms with E-state index < -0.39 is 9.84 Å². The number of quaternary nitrogens is 1. The molecule has 200 valence electrons. The molecule has 38 heavy (non-hydrogen) atoms. The average molecular weight is 575 g/mol. The Morgan fingerprint density at radius 1 is 1.16 bits per heavy atom. The normalized spacial score (nSPS) is 16.2. The lowest BCUT2D eigenvalue weighted by Gasteiger charge is -2.37. The fourth-order valence-corrected chi connectivity index (χ4v) is 7.91. The van der Waals surface area contributed by atoms with E-state index in [1.165, 1.54) is 11.3 Å². The van der Waals surface area contributed by atoms with Gasteiger partial charge >= 0.3 is 5.91 Å². The third kappa shape index (κ3) is 5.05. The Balaban J connectivity index is 1.46. The molecule has 0 unspecified atom stereocenters. The number of amides is 1. The maximum absolute atomic E-state index is 14.0. The Morgan fingerprint density at radius 2 is 1.89 bits per heavy atom. The van der Waals surface area contributed by atoms with Crippen LogP contribution in [0.5, 0.6) is 0 Å². The van der Waals surface area contributed by atoms with Crippen molar-refractivity contribution in [2.24, 2.45) is 12.0 Å². The van der Waals surface area contributed by atoms with Crippen molar-refractivity contribution in [3.05, 3.63) is 57.7 Å². The highest BCUT2D eigenvalue weighted by molar-refractivity contribution is 7.91. The Bertz CT molecular complexity index is 1650. The van der Waals surface area contributed by atoms with E-state index in [2.05, 4.69) is 25.6 Å². The smallest absolute Gasteiger partial charge is 0.318 e. The van der Waals surface area contributed by atoms with Crippen molar-refractivity contribution in [1.29, 1.82) is 0 Å². The standard InChI is InChI=1S/C25H29ClN7O3S2/c1-27-25-32(2)21(16-22-28-30-31-29-22)24(37-25)33(11-4-3-5-12-33)23(34)10-13-38(35,36)20-9-7-17-14-19(26)8-6-18(17)15-20/h6-9,14-15H,3-5,10-13,16H2,1-2H3,(H,28,29,30,31)/q+1/b27-25-. The number of piperidine rings is 1.